The van der Waals surface area contributed by atoms with E-state index in [4.69, 9.17) is 11.6 Å². The van der Waals surface area contributed by atoms with E-state index in [0.29, 0.717) is 23.7 Å². The molecule has 0 fully saturated rings. The van der Waals surface area contributed by atoms with E-state index in [1.807, 2.05) is 43.3 Å². The van der Waals surface area contributed by atoms with Crippen molar-refractivity contribution in [3.8, 4) is 0 Å². The van der Waals surface area contributed by atoms with Crippen LogP contribution in [0.1, 0.15) is 35.8 Å². The van der Waals surface area contributed by atoms with Gasteiger partial charge in [0.25, 0.3) is 5.91 Å². The second-order valence-electron chi connectivity index (χ2n) is 6.10. The number of hydrogen-bond acceptors (Lipinski definition) is 2. The van der Waals surface area contributed by atoms with Gasteiger partial charge in [0.1, 0.15) is 5.69 Å². The van der Waals surface area contributed by atoms with Crippen molar-refractivity contribution in [3.63, 3.8) is 0 Å². The van der Waals surface area contributed by atoms with Gasteiger partial charge >= 0.3 is 0 Å². The Hall–Kier alpha value is -2.79. The van der Waals surface area contributed by atoms with Gasteiger partial charge in [0.05, 0.1) is 0 Å². The zero-order chi connectivity index (χ0) is 18.5. The first-order valence-corrected chi connectivity index (χ1v) is 8.88. The number of H-pyrrole nitrogens is 1. The first-order valence-electron chi connectivity index (χ1n) is 8.50. The molecule has 2 amide bonds. The standard InChI is InChI=1S/C20H20ClN3O2/c1-2-4-19(25)23-16-6-3-5-13(9-16)12-22-20(26)18-11-14-10-15(21)7-8-17(14)24-18/h3,5-11,24H,2,4,12H2,1H3,(H,22,26)(H,23,25). The average Bonchev–Trinajstić information content (AvgIpc) is 3.03. The summed E-state index contributed by atoms with van der Waals surface area (Å²) < 4.78 is 0. The highest BCUT2D eigenvalue weighted by atomic mass is 35.5. The first kappa shape index (κ1) is 18.0. The number of rotatable bonds is 6. The third-order valence-electron chi connectivity index (χ3n) is 3.97. The number of halogens is 1. The van der Waals surface area contributed by atoms with Crippen molar-refractivity contribution >= 4 is 40.0 Å². The summed E-state index contributed by atoms with van der Waals surface area (Å²) in [6.45, 7) is 2.33. The van der Waals surface area contributed by atoms with Gasteiger partial charge in [-0.1, -0.05) is 30.7 Å². The summed E-state index contributed by atoms with van der Waals surface area (Å²) in [5, 5.41) is 7.26. The Morgan fingerprint density at radius 1 is 1.12 bits per heavy atom. The molecule has 6 heteroatoms. The van der Waals surface area contributed by atoms with Crippen molar-refractivity contribution in [1.82, 2.24) is 10.3 Å². The normalized spacial score (nSPS) is 10.7. The minimum atomic E-state index is -0.197. The van der Waals surface area contributed by atoms with Crippen molar-refractivity contribution in [3.05, 3.63) is 64.8 Å². The van der Waals surface area contributed by atoms with Gasteiger partial charge < -0.3 is 15.6 Å². The Morgan fingerprint density at radius 2 is 1.96 bits per heavy atom. The van der Waals surface area contributed by atoms with E-state index in [9.17, 15) is 9.59 Å². The SMILES string of the molecule is CCCC(=O)Nc1cccc(CNC(=O)c2cc3cc(Cl)ccc3[nH]2)c1. The minimum absolute atomic E-state index is 0.00887. The number of hydrogen-bond donors (Lipinski definition) is 3. The van der Waals surface area contributed by atoms with Gasteiger partial charge in [0.2, 0.25) is 5.91 Å². The number of nitrogens with one attached hydrogen (secondary N) is 3. The minimum Gasteiger partial charge on any atom is -0.351 e. The molecule has 3 N–H and O–H groups in total. The van der Waals surface area contributed by atoms with Crippen molar-refractivity contribution in [2.75, 3.05) is 5.32 Å². The monoisotopic (exact) mass is 369 g/mol. The van der Waals surface area contributed by atoms with Gasteiger partial charge in [0.15, 0.2) is 0 Å². The van der Waals surface area contributed by atoms with E-state index in [-0.39, 0.29) is 11.8 Å². The van der Waals surface area contributed by atoms with Crippen LogP contribution < -0.4 is 10.6 Å². The lowest BCUT2D eigenvalue weighted by Crippen LogP contribution is -2.23. The van der Waals surface area contributed by atoms with Gasteiger partial charge in [-0.25, -0.2) is 0 Å². The molecular weight excluding hydrogens is 350 g/mol. The van der Waals surface area contributed by atoms with Crippen LogP contribution in [0.5, 0.6) is 0 Å². The fourth-order valence-corrected chi connectivity index (χ4v) is 2.89. The molecule has 2 aromatic carbocycles. The highest BCUT2D eigenvalue weighted by molar-refractivity contribution is 6.31. The number of carbonyl (C=O) groups excluding carboxylic acids is 2. The molecule has 0 saturated carbocycles. The molecule has 0 bridgehead atoms. The van der Waals surface area contributed by atoms with Crippen LogP contribution in [-0.2, 0) is 11.3 Å². The van der Waals surface area contributed by atoms with Crippen LogP contribution >= 0.6 is 11.6 Å². The number of aromatic amines is 1. The molecule has 0 radical (unpaired) electrons. The topological polar surface area (TPSA) is 74.0 Å². The molecule has 0 saturated heterocycles. The molecule has 0 aliphatic carbocycles. The third-order valence-corrected chi connectivity index (χ3v) is 4.20. The molecule has 1 heterocycles. The molecule has 0 spiro atoms. The molecule has 134 valence electrons. The van der Waals surface area contributed by atoms with Crippen molar-refractivity contribution in [1.29, 1.82) is 0 Å². The summed E-state index contributed by atoms with van der Waals surface area (Å²) in [6, 6.07) is 14.7. The van der Waals surface area contributed by atoms with Crippen LogP contribution in [0, 0.1) is 0 Å². The Labute approximate surface area is 156 Å². The maximum atomic E-state index is 12.4. The van der Waals surface area contributed by atoms with Crippen LogP contribution in [0.15, 0.2) is 48.5 Å². The quantitative estimate of drug-likeness (QED) is 0.598. The van der Waals surface area contributed by atoms with Crippen molar-refractivity contribution < 1.29 is 9.59 Å². The van der Waals surface area contributed by atoms with Gasteiger partial charge in [-0.2, -0.15) is 0 Å². The second kappa shape index (κ2) is 8.06. The molecule has 0 aliphatic heterocycles. The van der Waals surface area contributed by atoms with Gasteiger partial charge in [-0.3, -0.25) is 9.59 Å². The fourth-order valence-electron chi connectivity index (χ4n) is 2.71. The molecule has 0 aliphatic rings. The Balaban J connectivity index is 1.64. The van der Waals surface area contributed by atoms with Gasteiger partial charge in [-0.05, 0) is 48.4 Å². The van der Waals surface area contributed by atoms with E-state index in [2.05, 4.69) is 15.6 Å². The van der Waals surface area contributed by atoms with Crippen molar-refractivity contribution in [2.45, 2.75) is 26.3 Å². The predicted molar refractivity (Wildman–Crippen MR) is 104 cm³/mol. The molecule has 26 heavy (non-hydrogen) atoms. The number of anilines is 1. The smallest absolute Gasteiger partial charge is 0.267 e. The average molecular weight is 370 g/mol. The van der Waals surface area contributed by atoms with Crippen LogP contribution in [0.4, 0.5) is 5.69 Å². The highest BCUT2D eigenvalue weighted by Gasteiger charge is 2.10. The summed E-state index contributed by atoms with van der Waals surface area (Å²) in [4.78, 5) is 27.1. The van der Waals surface area contributed by atoms with Crippen LogP contribution in [-0.4, -0.2) is 16.8 Å². The zero-order valence-electron chi connectivity index (χ0n) is 14.4. The van der Waals surface area contributed by atoms with Gasteiger partial charge in [0, 0.05) is 34.6 Å². The number of benzene rings is 2. The highest BCUT2D eigenvalue weighted by Crippen LogP contribution is 2.20. The first-order chi connectivity index (χ1) is 12.5. The van der Waals surface area contributed by atoms with E-state index < -0.39 is 0 Å². The van der Waals surface area contributed by atoms with Gasteiger partial charge in [-0.15, -0.1) is 0 Å². The maximum Gasteiger partial charge on any atom is 0.267 e. The molecule has 0 unspecified atom stereocenters. The van der Waals surface area contributed by atoms with E-state index in [0.717, 1.165) is 28.6 Å². The predicted octanol–water partition coefficient (Wildman–Crippen LogP) is 4.49. The summed E-state index contributed by atoms with van der Waals surface area (Å²) in [6.07, 6.45) is 1.29. The number of amides is 2. The summed E-state index contributed by atoms with van der Waals surface area (Å²) >= 11 is 5.97. The lowest BCUT2D eigenvalue weighted by molar-refractivity contribution is -0.116. The number of fused-ring (bicyclic) bond motifs is 1. The summed E-state index contributed by atoms with van der Waals surface area (Å²) in [7, 11) is 0. The molecule has 3 aromatic rings. The summed E-state index contributed by atoms with van der Waals surface area (Å²) in [5.41, 5.74) is 2.98. The Morgan fingerprint density at radius 3 is 2.77 bits per heavy atom. The van der Waals surface area contributed by atoms with Crippen LogP contribution in [0.25, 0.3) is 10.9 Å². The van der Waals surface area contributed by atoms with Crippen molar-refractivity contribution in [2.24, 2.45) is 0 Å². The molecule has 0 atom stereocenters. The third kappa shape index (κ3) is 4.43. The van der Waals surface area contributed by atoms with Crippen LogP contribution in [0.2, 0.25) is 5.02 Å². The van der Waals surface area contributed by atoms with Crippen LogP contribution in [0.3, 0.4) is 0 Å². The number of aromatic nitrogens is 1. The molecule has 5 nitrogen and oxygen atoms in total. The molecule has 3 rings (SSSR count). The summed E-state index contributed by atoms with van der Waals surface area (Å²) in [5.74, 6) is -0.205. The van der Waals surface area contributed by atoms with E-state index in [1.54, 1.807) is 12.1 Å². The Bertz CT molecular complexity index is 949. The molecule has 1 aromatic heterocycles. The second-order valence-corrected chi connectivity index (χ2v) is 6.53. The maximum absolute atomic E-state index is 12.4. The largest absolute Gasteiger partial charge is 0.351 e. The zero-order valence-corrected chi connectivity index (χ0v) is 15.2. The Kier molecular flexibility index (Phi) is 5.58. The lowest BCUT2D eigenvalue weighted by Gasteiger charge is -2.08. The molecular formula is C20H20ClN3O2. The van der Waals surface area contributed by atoms with E-state index >= 15 is 0 Å². The fraction of sp³-hybridized carbons (Fsp3) is 0.200. The number of carbonyl (C=O) groups is 2. The lowest BCUT2D eigenvalue weighted by atomic mass is 10.2. The van der Waals surface area contributed by atoms with E-state index in [1.165, 1.54) is 0 Å².